The third-order valence-electron chi connectivity index (χ3n) is 3.86. The average Bonchev–Trinajstić information content (AvgIpc) is 2.84. The standard InChI is InChI=1S/C18H25NS/c1-6-15-8-9-20-18(15)17(19-7-2)16-13(4)10-12(3)11-14(16)5/h8-11,17,19H,6-7H2,1-5H3. The van der Waals surface area contributed by atoms with E-state index >= 15 is 0 Å². The summed E-state index contributed by atoms with van der Waals surface area (Å²) in [5, 5.41) is 5.91. The molecule has 1 N–H and O–H groups in total. The second kappa shape index (κ2) is 6.55. The lowest BCUT2D eigenvalue weighted by molar-refractivity contribution is 0.629. The summed E-state index contributed by atoms with van der Waals surface area (Å²) in [6.07, 6.45) is 1.10. The van der Waals surface area contributed by atoms with Gasteiger partial charge in [-0.1, -0.05) is 31.5 Å². The lowest BCUT2D eigenvalue weighted by Crippen LogP contribution is -2.23. The highest BCUT2D eigenvalue weighted by atomic mass is 32.1. The molecule has 0 saturated heterocycles. The molecule has 0 spiro atoms. The van der Waals surface area contributed by atoms with E-state index in [1.807, 2.05) is 11.3 Å². The first-order valence-electron chi connectivity index (χ1n) is 7.45. The van der Waals surface area contributed by atoms with Gasteiger partial charge in [-0.25, -0.2) is 0 Å². The first kappa shape index (κ1) is 15.3. The molecule has 0 aliphatic rings. The molecule has 0 fully saturated rings. The number of aryl methyl sites for hydroxylation is 4. The Labute approximate surface area is 127 Å². The van der Waals surface area contributed by atoms with Gasteiger partial charge in [0.15, 0.2) is 0 Å². The fourth-order valence-corrected chi connectivity index (χ4v) is 4.15. The van der Waals surface area contributed by atoms with Crippen molar-refractivity contribution >= 4 is 11.3 Å². The summed E-state index contributed by atoms with van der Waals surface area (Å²) in [4.78, 5) is 1.48. The second-order valence-electron chi connectivity index (χ2n) is 5.47. The number of hydrogen-bond donors (Lipinski definition) is 1. The number of nitrogens with one attached hydrogen (secondary N) is 1. The van der Waals surface area contributed by atoms with Crippen LogP contribution in [0.15, 0.2) is 23.6 Å². The van der Waals surface area contributed by atoms with Crippen LogP contribution in [0.2, 0.25) is 0 Å². The maximum absolute atomic E-state index is 3.69. The Bertz CT molecular complexity index is 560. The Morgan fingerprint density at radius 3 is 2.30 bits per heavy atom. The first-order valence-corrected chi connectivity index (χ1v) is 8.33. The summed E-state index contributed by atoms with van der Waals surface area (Å²) in [7, 11) is 0. The molecule has 0 radical (unpaired) electrons. The number of benzene rings is 1. The van der Waals surface area contributed by atoms with Crippen LogP contribution in [0.4, 0.5) is 0 Å². The largest absolute Gasteiger partial charge is 0.306 e. The van der Waals surface area contributed by atoms with Gasteiger partial charge in [0.25, 0.3) is 0 Å². The molecular weight excluding hydrogens is 262 g/mol. The van der Waals surface area contributed by atoms with E-state index < -0.39 is 0 Å². The van der Waals surface area contributed by atoms with Crippen LogP contribution in [0.1, 0.15) is 52.6 Å². The van der Waals surface area contributed by atoms with Crippen molar-refractivity contribution < 1.29 is 0 Å². The summed E-state index contributed by atoms with van der Waals surface area (Å²) in [5.74, 6) is 0. The predicted molar refractivity (Wildman–Crippen MR) is 89.9 cm³/mol. The molecule has 0 saturated carbocycles. The topological polar surface area (TPSA) is 12.0 Å². The predicted octanol–water partition coefficient (Wildman–Crippen LogP) is 4.93. The van der Waals surface area contributed by atoms with Crippen molar-refractivity contribution in [2.24, 2.45) is 0 Å². The Kier molecular flexibility index (Phi) is 5.00. The van der Waals surface area contributed by atoms with Gasteiger partial charge in [0.05, 0.1) is 6.04 Å². The minimum Gasteiger partial charge on any atom is -0.306 e. The normalized spacial score (nSPS) is 12.7. The fraction of sp³-hybridized carbons (Fsp3) is 0.444. The third-order valence-corrected chi connectivity index (χ3v) is 4.88. The van der Waals surface area contributed by atoms with Crippen LogP contribution in [0, 0.1) is 20.8 Å². The minimum absolute atomic E-state index is 0.329. The molecule has 1 nitrogen and oxygen atoms in total. The van der Waals surface area contributed by atoms with Crippen molar-refractivity contribution in [2.75, 3.05) is 6.54 Å². The zero-order valence-corrected chi connectivity index (χ0v) is 14.0. The molecule has 1 aromatic carbocycles. The molecule has 1 heterocycles. The SMILES string of the molecule is CCNC(c1sccc1CC)c1c(C)cc(C)cc1C. The molecule has 1 atom stereocenters. The third kappa shape index (κ3) is 2.97. The van der Waals surface area contributed by atoms with Crippen LogP contribution in [-0.4, -0.2) is 6.54 Å². The minimum atomic E-state index is 0.329. The maximum atomic E-state index is 3.69. The quantitative estimate of drug-likeness (QED) is 0.821. The molecule has 0 amide bonds. The number of hydrogen-bond acceptors (Lipinski definition) is 2. The smallest absolute Gasteiger partial charge is 0.0678 e. The van der Waals surface area contributed by atoms with Gasteiger partial charge in [-0.3, -0.25) is 0 Å². The lowest BCUT2D eigenvalue weighted by atomic mass is 9.91. The van der Waals surface area contributed by atoms with E-state index in [1.165, 1.54) is 32.7 Å². The van der Waals surface area contributed by atoms with Crippen molar-refractivity contribution in [1.29, 1.82) is 0 Å². The van der Waals surface area contributed by atoms with Crippen molar-refractivity contribution in [2.45, 2.75) is 47.1 Å². The number of thiophene rings is 1. The van der Waals surface area contributed by atoms with Gasteiger partial charge in [-0.15, -0.1) is 11.3 Å². The Morgan fingerprint density at radius 2 is 1.75 bits per heavy atom. The summed E-state index contributed by atoms with van der Waals surface area (Å²) < 4.78 is 0. The fourth-order valence-electron chi connectivity index (χ4n) is 3.07. The van der Waals surface area contributed by atoms with Crippen molar-refractivity contribution in [1.82, 2.24) is 5.32 Å². The molecule has 0 bridgehead atoms. The summed E-state index contributed by atoms with van der Waals surface area (Å²) in [5.41, 5.74) is 7.06. The molecule has 2 heteroatoms. The van der Waals surface area contributed by atoms with Crippen LogP contribution in [0.3, 0.4) is 0 Å². The summed E-state index contributed by atoms with van der Waals surface area (Å²) in [6.45, 7) is 12.1. The Hall–Kier alpha value is -1.12. The van der Waals surface area contributed by atoms with Gasteiger partial charge in [-0.05, 0) is 67.4 Å². The van der Waals surface area contributed by atoms with Gasteiger partial charge in [0.1, 0.15) is 0 Å². The highest BCUT2D eigenvalue weighted by Crippen LogP contribution is 2.34. The van der Waals surface area contributed by atoms with Crippen molar-refractivity contribution in [3.63, 3.8) is 0 Å². The molecule has 2 rings (SSSR count). The van der Waals surface area contributed by atoms with E-state index in [1.54, 1.807) is 0 Å². The Morgan fingerprint density at radius 1 is 1.10 bits per heavy atom. The zero-order valence-electron chi connectivity index (χ0n) is 13.2. The monoisotopic (exact) mass is 287 g/mol. The van der Waals surface area contributed by atoms with Gasteiger partial charge in [0, 0.05) is 4.88 Å². The first-order chi connectivity index (χ1) is 9.58. The van der Waals surface area contributed by atoms with Gasteiger partial charge >= 0.3 is 0 Å². The van der Waals surface area contributed by atoms with Crippen molar-refractivity contribution in [3.05, 3.63) is 56.3 Å². The molecular formula is C18H25NS. The van der Waals surface area contributed by atoms with E-state index in [-0.39, 0.29) is 0 Å². The molecule has 0 aliphatic carbocycles. The molecule has 1 aromatic heterocycles. The van der Waals surface area contributed by atoms with E-state index in [0.717, 1.165) is 13.0 Å². The van der Waals surface area contributed by atoms with Crippen molar-refractivity contribution in [3.8, 4) is 0 Å². The second-order valence-corrected chi connectivity index (χ2v) is 6.41. The average molecular weight is 287 g/mol. The summed E-state index contributed by atoms with van der Waals surface area (Å²) in [6, 6.07) is 7.19. The van der Waals surface area contributed by atoms with E-state index in [2.05, 4.69) is 63.5 Å². The lowest BCUT2D eigenvalue weighted by Gasteiger charge is -2.23. The van der Waals surface area contributed by atoms with E-state index in [9.17, 15) is 0 Å². The van der Waals surface area contributed by atoms with Crippen LogP contribution < -0.4 is 5.32 Å². The van der Waals surface area contributed by atoms with Gasteiger partial charge < -0.3 is 5.32 Å². The number of rotatable bonds is 5. The van der Waals surface area contributed by atoms with Gasteiger partial charge in [0.2, 0.25) is 0 Å². The van der Waals surface area contributed by atoms with Crippen LogP contribution in [0.5, 0.6) is 0 Å². The molecule has 2 aromatic rings. The maximum Gasteiger partial charge on any atom is 0.0678 e. The van der Waals surface area contributed by atoms with Crippen LogP contribution >= 0.6 is 11.3 Å². The highest BCUT2D eigenvalue weighted by Gasteiger charge is 2.21. The van der Waals surface area contributed by atoms with Crippen LogP contribution in [-0.2, 0) is 6.42 Å². The van der Waals surface area contributed by atoms with Gasteiger partial charge in [-0.2, -0.15) is 0 Å². The van der Waals surface area contributed by atoms with E-state index in [0.29, 0.717) is 6.04 Å². The highest BCUT2D eigenvalue weighted by molar-refractivity contribution is 7.10. The Balaban J connectivity index is 2.54. The molecule has 1 unspecified atom stereocenters. The molecule has 20 heavy (non-hydrogen) atoms. The van der Waals surface area contributed by atoms with Crippen LogP contribution in [0.25, 0.3) is 0 Å². The van der Waals surface area contributed by atoms with E-state index in [4.69, 9.17) is 0 Å². The zero-order chi connectivity index (χ0) is 14.7. The molecule has 108 valence electrons. The molecule has 0 aliphatic heterocycles. The summed E-state index contributed by atoms with van der Waals surface area (Å²) >= 11 is 1.88.